The molecule has 0 bridgehead atoms. The molecule has 0 aliphatic rings. The van der Waals surface area contributed by atoms with E-state index in [0.29, 0.717) is 30.2 Å². The molecule has 10 nitrogen and oxygen atoms in total. The summed E-state index contributed by atoms with van der Waals surface area (Å²) >= 11 is 0. The van der Waals surface area contributed by atoms with E-state index in [-0.39, 0.29) is 29.5 Å². The maximum atomic E-state index is 13.1. The van der Waals surface area contributed by atoms with Gasteiger partial charge in [0.15, 0.2) is 5.75 Å². The molecule has 0 heterocycles. The molecule has 0 saturated heterocycles. The number of ether oxygens (including phenoxy) is 3. The van der Waals surface area contributed by atoms with E-state index in [2.05, 4.69) is 5.32 Å². The maximum absolute atomic E-state index is 13.1. The van der Waals surface area contributed by atoms with Crippen molar-refractivity contribution in [2.45, 2.75) is 13.3 Å². The second kappa shape index (κ2) is 12.2. The summed E-state index contributed by atoms with van der Waals surface area (Å²) in [5.74, 6) is 0.556. The molecule has 0 saturated carbocycles. The quantitative estimate of drug-likeness (QED) is 0.246. The molecule has 0 unspecified atom stereocenters. The molecule has 0 aliphatic heterocycles. The van der Waals surface area contributed by atoms with Crippen LogP contribution in [0.2, 0.25) is 0 Å². The van der Waals surface area contributed by atoms with Crippen LogP contribution in [0, 0.1) is 17.0 Å². The number of nitrogens with zero attached hydrogens (tertiary/aromatic N) is 2. The number of aryl methyl sites for hydroxylation is 1. The Morgan fingerprint density at radius 1 is 1.03 bits per heavy atom. The normalized spacial score (nSPS) is 10.3. The topological polar surface area (TPSA) is 120 Å². The highest BCUT2D eigenvalue weighted by molar-refractivity contribution is 6.07. The number of anilines is 1. The molecule has 1 N–H and O–H groups in total. The third-order valence-electron chi connectivity index (χ3n) is 5.21. The lowest BCUT2D eigenvalue weighted by atomic mass is 10.1. The summed E-state index contributed by atoms with van der Waals surface area (Å²) in [6.45, 7) is 2.53. The van der Waals surface area contributed by atoms with E-state index >= 15 is 0 Å². The van der Waals surface area contributed by atoms with Crippen molar-refractivity contribution in [1.82, 2.24) is 5.32 Å². The molecular weight excluding hydrogens is 466 g/mol. The van der Waals surface area contributed by atoms with Gasteiger partial charge in [-0.3, -0.25) is 14.9 Å². The number of benzene rings is 3. The summed E-state index contributed by atoms with van der Waals surface area (Å²) in [5.41, 5.74) is 1.47. The van der Waals surface area contributed by atoms with Crippen molar-refractivity contribution in [3.05, 3.63) is 88.0 Å². The summed E-state index contributed by atoms with van der Waals surface area (Å²) in [4.78, 5) is 37.0. The zero-order valence-electron chi connectivity index (χ0n) is 20.2. The van der Waals surface area contributed by atoms with E-state index in [4.69, 9.17) is 14.2 Å². The summed E-state index contributed by atoms with van der Waals surface area (Å²) in [5, 5.41) is 13.8. The summed E-state index contributed by atoms with van der Waals surface area (Å²) < 4.78 is 16.2. The minimum absolute atomic E-state index is 0.00193. The number of nitro benzene ring substituents is 1. The van der Waals surface area contributed by atoms with Crippen LogP contribution in [0.3, 0.4) is 0 Å². The number of hydrogen-bond donors (Lipinski definition) is 1. The first kappa shape index (κ1) is 26.0. The lowest BCUT2D eigenvalue weighted by Crippen LogP contribution is -2.29. The molecule has 3 rings (SSSR count). The van der Waals surface area contributed by atoms with Crippen LogP contribution in [0.1, 0.15) is 22.3 Å². The van der Waals surface area contributed by atoms with Crippen LogP contribution in [-0.2, 0) is 0 Å². The number of rotatable bonds is 10. The van der Waals surface area contributed by atoms with Crippen LogP contribution in [0.15, 0.2) is 66.7 Å². The number of hydrogen-bond acceptors (Lipinski definition) is 7. The van der Waals surface area contributed by atoms with Gasteiger partial charge >= 0.3 is 11.8 Å². The molecule has 36 heavy (non-hydrogen) atoms. The molecule has 0 atom stereocenters. The fraction of sp³-hybridized carbons (Fsp3) is 0.231. The number of amides is 2. The van der Waals surface area contributed by atoms with Crippen molar-refractivity contribution in [1.29, 1.82) is 0 Å². The average molecular weight is 494 g/mol. The molecule has 3 aromatic rings. The third-order valence-corrected chi connectivity index (χ3v) is 5.21. The van der Waals surface area contributed by atoms with Crippen LogP contribution in [-0.4, -0.2) is 44.2 Å². The Morgan fingerprint density at radius 2 is 1.78 bits per heavy atom. The predicted octanol–water partition coefficient (Wildman–Crippen LogP) is 4.75. The maximum Gasteiger partial charge on any atom is 0.412 e. The highest BCUT2D eigenvalue weighted by Gasteiger charge is 2.22. The Kier molecular flexibility index (Phi) is 8.82. The monoisotopic (exact) mass is 493 g/mol. The zero-order chi connectivity index (χ0) is 26.1. The van der Waals surface area contributed by atoms with E-state index in [1.807, 2.05) is 25.1 Å². The van der Waals surface area contributed by atoms with Gasteiger partial charge in [0.2, 0.25) is 0 Å². The highest BCUT2D eigenvalue weighted by atomic mass is 16.6. The molecular formula is C26H27N3O7. The van der Waals surface area contributed by atoms with Gasteiger partial charge in [0.25, 0.3) is 5.91 Å². The van der Waals surface area contributed by atoms with E-state index in [1.54, 1.807) is 37.4 Å². The molecule has 10 heteroatoms. The zero-order valence-corrected chi connectivity index (χ0v) is 20.2. The van der Waals surface area contributed by atoms with Gasteiger partial charge in [0, 0.05) is 31.3 Å². The minimum atomic E-state index is -0.570. The summed E-state index contributed by atoms with van der Waals surface area (Å²) in [7, 11) is 2.90. The number of nitro groups is 1. The van der Waals surface area contributed by atoms with Crippen LogP contribution in [0.25, 0.3) is 0 Å². The average Bonchev–Trinajstić information content (AvgIpc) is 2.87. The summed E-state index contributed by atoms with van der Waals surface area (Å²) in [6, 6.07) is 18.1. The Labute approximate surface area is 208 Å². The van der Waals surface area contributed by atoms with Gasteiger partial charge in [-0.25, -0.2) is 4.79 Å². The molecule has 0 aromatic heterocycles. The molecule has 188 valence electrons. The van der Waals surface area contributed by atoms with Gasteiger partial charge in [-0.1, -0.05) is 24.3 Å². The van der Waals surface area contributed by atoms with Crippen molar-refractivity contribution in [2.75, 3.05) is 32.2 Å². The number of nitrogens with one attached hydrogen (secondary N) is 1. The van der Waals surface area contributed by atoms with Crippen molar-refractivity contribution < 1.29 is 28.7 Å². The van der Waals surface area contributed by atoms with Gasteiger partial charge in [-0.15, -0.1) is 0 Å². The van der Waals surface area contributed by atoms with E-state index in [9.17, 15) is 19.7 Å². The fourth-order valence-electron chi connectivity index (χ4n) is 3.35. The fourth-order valence-corrected chi connectivity index (χ4v) is 3.35. The molecule has 2 amide bonds. The molecule has 0 spiro atoms. The Bertz CT molecular complexity index is 1230. The molecule has 3 aromatic carbocycles. The SMILES string of the molecule is COc1cc(C(=O)N(C)c2ccc(C)cc2OCCCNC(=O)Oc2ccccc2)ccc1[N+](=O)[O-]. The second-order valence-electron chi connectivity index (χ2n) is 7.81. The van der Waals surface area contributed by atoms with Gasteiger partial charge in [0.1, 0.15) is 11.5 Å². The first-order valence-corrected chi connectivity index (χ1v) is 11.1. The first-order chi connectivity index (χ1) is 17.3. The van der Waals surface area contributed by atoms with Crippen LogP contribution >= 0.6 is 0 Å². The number of carbonyl (C=O) groups is 2. The highest BCUT2D eigenvalue weighted by Crippen LogP contribution is 2.32. The smallest absolute Gasteiger partial charge is 0.412 e. The Balaban J connectivity index is 1.61. The van der Waals surface area contributed by atoms with Crippen LogP contribution < -0.4 is 24.4 Å². The number of para-hydroxylation sites is 1. The second-order valence-corrected chi connectivity index (χ2v) is 7.81. The number of methoxy groups -OCH3 is 1. The Hall–Kier alpha value is -4.60. The minimum Gasteiger partial charge on any atom is -0.491 e. The van der Waals surface area contributed by atoms with E-state index in [0.717, 1.165) is 5.56 Å². The van der Waals surface area contributed by atoms with Gasteiger partial charge in [-0.2, -0.15) is 0 Å². The lowest BCUT2D eigenvalue weighted by molar-refractivity contribution is -0.385. The van der Waals surface area contributed by atoms with Crippen molar-refractivity contribution in [2.24, 2.45) is 0 Å². The van der Waals surface area contributed by atoms with Gasteiger partial charge in [-0.05, 0) is 49.2 Å². The largest absolute Gasteiger partial charge is 0.491 e. The van der Waals surface area contributed by atoms with E-state index < -0.39 is 11.0 Å². The number of carbonyl (C=O) groups excluding carboxylic acids is 2. The molecule has 0 aliphatic carbocycles. The standard InChI is InChI=1S/C26H27N3O7/c1-18-10-12-21(28(2)25(30)19-11-13-22(29(32)33)23(17-19)34-3)24(16-18)35-15-7-14-27-26(31)36-20-8-5-4-6-9-20/h4-6,8-13,16-17H,7,14-15H2,1-3H3,(H,27,31). The lowest BCUT2D eigenvalue weighted by Gasteiger charge is -2.21. The van der Waals surface area contributed by atoms with Gasteiger partial charge in [0.05, 0.1) is 24.3 Å². The van der Waals surface area contributed by atoms with Crippen LogP contribution in [0.4, 0.5) is 16.2 Å². The third kappa shape index (κ3) is 6.72. The predicted molar refractivity (Wildman–Crippen MR) is 134 cm³/mol. The molecule has 0 fully saturated rings. The van der Waals surface area contributed by atoms with E-state index in [1.165, 1.54) is 30.2 Å². The van der Waals surface area contributed by atoms with Crippen molar-refractivity contribution in [3.63, 3.8) is 0 Å². The Morgan fingerprint density at radius 3 is 2.47 bits per heavy atom. The summed E-state index contributed by atoms with van der Waals surface area (Å²) in [6.07, 6.45) is -0.0459. The van der Waals surface area contributed by atoms with Gasteiger partial charge < -0.3 is 24.4 Å². The first-order valence-electron chi connectivity index (χ1n) is 11.1. The van der Waals surface area contributed by atoms with Crippen molar-refractivity contribution >= 4 is 23.4 Å². The van der Waals surface area contributed by atoms with Crippen LogP contribution in [0.5, 0.6) is 17.2 Å². The van der Waals surface area contributed by atoms with Crippen molar-refractivity contribution in [3.8, 4) is 17.2 Å². The molecule has 0 radical (unpaired) electrons.